The summed E-state index contributed by atoms with van der Waals surface area (Å²) < 4.78 is 13.3. The lowest BCUT2D eigenvalue weighted by atomic mass is 10.2. The Morgan fingerprint density at radius 3 is 2.74 bits per heavy atom. The third-order valence-electron chi connectivity index (χ3n) is 2.48. The first-order valence-corrected chi connectivity index (χ1v) is 6.51. The van der Waals surface area contributed by atoms with E-state index in [1.807, 2.05) is 0 Å². The highest BCUT2D eigenvalue weighted by molar-refractivity contribution is 7.17. The fourth-order valence-electron chi connectivity index (χ4n) is 1.52. The number of rotatable bonds is 3. The van der Waals surface area contributed by atoms with Crippen LogP contribution in [0, 0.1) is 19.7 Å². The first-order valence-electron chi connectivity index (χ1n) is 5.32. The van der Waals surface area contributed by atoms with Gasteiger partial charge in [-0.2, -0.15) is 0 Å². The lowest BCUT2D eigenvalue weighted by Gasteiger charge is -2.07. The van der Waals surface area contributed by atoms with Crippen LogP contribution >= 0.6 is 22.9 Å². The van der Waals surface area contributed by atoms with E-state index in [4.69, 9.17) is 16.7 Å². The molecule has 1 aromatic heterocycles. The van der Waals surface area contributed by atoms with E-state index in [1.54, 1.807) is 19.9 Å². The number of benzene rings is 1. The highest BCUT2D eigenvalue weighted by atomic mass is 35.5. The minimum atomic E-state index is -1.02. The van der Waals surface area contributed by atoms with Gasteiger partial charge in [-0.25, -0.2) is 14.2 Å². The van der Waals surface area contributed by atoms with Crippen LogP contribution in [0.3, 0.4) is 0 Å². The van der Waals surface area contributed by atoms with Crippen LogP contribution in [0.15, 0.2) is 12.1 Å². The lowest BCUT2D eigenvalue weighted by molar-refractivity contribution is 0.0701. The molecule has 0 radical (unpaired) electrons. The molecule has 0 amide bonds. The van der Waals surface area contributed by atoms with Gasteiger partial charge in [0.15, 0.2) is 5.13 Å². The van der Waals surface area contributed by atoms with E-state index < -0.39 is 11.8 Å². The predicted molar refractivity (Wildman–Crippen MR) is 73.2 cm³/mol. The third kappa shape index (κ3) is 2.85. The van der Waals surface area contributed by atoms with Crippen molar-refractivity contribution < 1.29 is 14.3 Å². The predicted octanol–water partition coefficient (Wildman–Crippen LogP) is 3.99. The molecule has 1 heterocycles. The quantitative estimate of drug-likeness (QED) is 0.899. The van der Waals surface area contributed by atoms with Gasteiger partial charge < -0.3 is 10.4 Å². The van der Waals surface area contributed by atoms with Gasteiger partial charge in [0.2, 0.25) is 0 Å². The Bertz CT molecular complexity index is 657. The van der Waals surface area contributed by atoms with Crippen molar-refractivity contribution in [1.82, 2.24) is 4.98 Å². The molecule has 19 heavy (non-hydrogen) atoms. The van der Waals surface area contributed by atoms with Gasteiger partial charge in [0, 0.05) is 0 Å². The Balaban J connectivity index is 2.34. The van der Waals surface area contributed by atoms with Crippen molar-refractivity contribution in [1.29, 1.82) is 0 Å². The maximum absolute atomic E-state index is 13.3. The summed E-state index contributed by atoms with van der Waals surface area (Å²) in [5.41, 5.74) is 1.36. The summed E-state index contributed by atoms with van der Waals surface area (Å²) in [6, 6.07) is 2.76. The number of thiazole rings is 1. The zero-order valence-electron chi connectivity index (χ0n) is 10.1. The number of carboxylic acid groups (broad SMARTS) is 1. The van der Waals surface area contributed by atoms with Crippen LogP contribution < -0.4 is 5.32 Å². The number of aryl methyl sites for hydroxylation is 2. The van der Waals surface area contributed by atoms with Gasteiger partial charge in [-0.05, 0) is 31.5 Å². The van der Waals surface area contributed by atoms with Gasteiger partial charge in [-0.15, -0.1) is 0 Å². The van der Waals surface area contributed by atoms with Crippen molar-refractivity contribution >= 4 is 39.7 Å². The van der Waals surface area contributed by atoms with Crippen molar-refractivity contribution in [3.05, 3.63) is 39.1 Å². The number of halogens is 2. The molecular weight excluding hydrogens is 291 g/mol. The molecule has 0 spiro atoms. The summed E-state index contributed by atoms with van der Waals surface area (Å²) in [5, 5.41) is 12.5. The van der Waals surface area contributed by atoms with Gasteiger partial charge >= 0.3 is 5.97 Å². The number of nitrogens with zero attached hydrogens (tertiary/aromatic N) is 1. The normalized spacial score (nSPS) is 10.5. The summed E-state index contributed by atoms with van der Waals surface area (Å²) in [7, 11) is 0. The van der Waals surface area contributed by atoms with E-state index in [1.165, 1.54) is 6.07 Å². The van der Waals surface area contributed by atoms with Gasteiger partial charge in [0.05, 0.1) is 16.4 Å². The molecule has 0 aliphatic heterocycles. The first kappa shape index (κ1) is 13.8. The zero-order chi connectivity index (χ0) is 14.2. The van der Waals surface area contributed by atoms with Crippen molar-refractivity contribution in [3.63, 3.8) is 0 Å². The SMILES string of the molecule is Cc1cc(Nc2nc(C)c(C(=O)O)s2)c(Cl)cc1F. The smallest absolute Gasteiger partial charge is 0.347 e. The number of carboxylic acids is 1. The van der Waals surface area contributed by atoms with Crippen molar-refractivity contribution in [2.45, 2.75) is 13.8 Å². The Kier molecular flexibility index (Phi) is 3.73. The summed E-state index contributed by atoms with van der Waals surface area (Å²) >= 11 is 6.93. The summed E-state index contributed by atoms with van der Waals surface area (Å²) in [4.78, 5) is 15.2. The highest BCUT2D eigenvalue weighted by Gasteiger charge is 2.15. The summed E-state index contributed by atoms with van der Waals surface area (Å²) in [5.74, 6) is -1.42. The second kappa shape index (κ2) is 5.14. The standard InChI is InChI=1S/C12H10ClFN2O2S/c1-5-3-9(7(13)4-8(5)14)16-12-15-6(2)10(19-12)11(17)18/h3-4H,1-2H3,(H,15,16)(H,17,18). The van der Waals surface area contributed by atoms with Crippen LogP contribution in [0.5, 0.6) is 0 Å². The van der Waals surface area contributed by atoms with Gasteiger partial charge in [0.1, 0.15) is 10.7 Å². The minimum Gasteiger partial charge on any atom is -0.477 e. The molecule has 2 rings (SSSR count). The highest BCUT2D eigenvalue weighted by Crippen LogP contribution is 2.31. The Morgan fingerprint density at radius 2 is 2.16 bits per heavy atom. The molecule has 0 unspecified atom stereocenters. The number of aromatic nitrogens is 1. The molecule has 4 nitrogen and oxygen atoms in total. The molecule has 2 aromatic rings. The van der Waals surface area contributed by atoms with Crippen molar-refractivity contribution in [3.8, 4) is 0 Å². The number of nitrogens with one attached hydrogen (secondary N) is 1. The average molecular weight is 301 g/mol. The minimum absolute atomic E-state index is 0.164. The average Bonchev–Trinajstić information content (AvgIpc) is 2.67. The molecule has 0 aliphatic carbocycles. The number of anilines is 2. The monoisotopic (exact) mass is 300 g/mol. The topological polar surface area (TPSA) is 62.2 Å². The van der Waals surface area contributed by atoms with Crippen LogP contribution in [-0.4, -0.2) is 16.1 Å². The summed E-state index contributed by atoms with van der Waals surface area (Å²) in [6.45, 7) is 3.23. The van der Waals surface area contributed by atoms with Gasteiger partial charge in [0.25, 0.3) is 0 Å². The van der Waals surface area contributed by atoms with Crippen LogP contribution in [0.25, 0.3) is 0 Å². The van der Waals surface area contributed by atoms with Crippen LogP contribution in [0.1, 0.15) is 20.9 Å². The number of hydrogen-bond acceptors (Lipinski definition) is 4. The molecular formula is C12H10ClFN2O2S. The van der Waals surface area contributed by atoms with Crippen molar-refractivity contribution in [2.24, 2.45) is 0 Å². The molecule has 2 N–H and O–H groups in total. The maximum atomic E-state index is 13.3. The number of hydrogen-bond donors (Lipinski definition) is 2. The molecule has 0 bridgehead atoms. The summed E-state index contributed by atoms with van der Waals surface area (Å²) in [6.07, 6.45) is 0. The van der Waals surface area contributed by atoms with Crippen molar-refractivity contribution in [2.75, 3.05) is 5.32 Å². The largest absolute Gasteiger partial charge is 0.477 e. The second-order valence-corrected chi connectivity index (χ2v) is 5.35. The van der Waals surface area contributed by atoms with E-state index in [2.05, 4.69) is 10.3 Å². The van der Waals surface area contributed by atoms with Crippen LogP contribution in [0.4, 0.5) is 15.2 Å². The molecule has 0 aliphatic rings. The molecule has 0 saturated heterocycles. The third-order valence-corrected chi connectivity index (χ3v) is 3.85. The van der Waals surface area contributed by atoms with E-state index in [9.17, 15) is 9.18 Å². The Labute approximate surface area is 117 Å². The first-order chi connectivity index (χ1) is 8.88. The Hall–Kier alpha value is -1.66. The zero-order valence-corrected chi connectivity index (χ0v) is 11.7. The molecule has 0 saturated carbocycles. The fraction of sp³-hybridized carbons (Fsp3) is 0.167. The van der Waals surface area contributed by atoms with E-state index in [-0.39, 0.29) is 9.90 Å². The van der Waals surface area contributed by atoms with Crippen LogP contribution in [-0.2, 0) is 0 Å². The van der Waals surface area contributed by atoms with Crippen LogP contribution in [0.2, 0.25) is 5.02 Å². The Morgan fingerprint density at radius 1 is 1.47 bits per heavy atom. The molecule has 0 fully saturated rings. The fourth-order valence-corrected chi connectivity index (χ4v) is 2.53. The van der Waals surface area contributed by atoms with Gasteiger partial charge in [-0.3, -0.25) is 0 Å². The van der Waals surface area contributed by atoms with E-state index >= 15 is 0 Å². The van der Waals surface area contributed by atoms with Gasteiger partial charge in [-0.1, -0.05) is 22.9 Å². The van der Waals surface area contributed by atoms with E-state index in [0.29, 0.717) is 22.1 Å². The second-order valence-electron chi connectivity index (χ2n) is 3.94. The molecule has 1 aromatic carbocycles. The molecule has 100 valence electrons. The maximum Gasteiger partial charge on any atom is 0.347 e. The molecule has 7 heteroatoms. The van der Waals surface area contributed by atoms with E-state index in [0.717, 1.165) is 11.3 Å². The number of carbonyl (C=O) groups is 1. The lowest BCUT2D eigenvalue weighted by Crippen LogP contribution is -1.94. The molecule has 0 atom stereocenters. The number of aromatic carboxylic acids is 1.